The average Bonchev–Trinajstić information content (AvgIpc) is 2.38. The van der Waals surface area contributed by atoms with Crippen LogP contribution < -0.4 is 5.32 Å². The van der Waals surface area contributed by atoms with Crippen LogP contribution in [0.2, 0.25) is 0 Å². The van der Waals surface area contributed by atoms with Gasteiger partial charge in [0.1, 0.15) is 0 Å². The smallest absolute Gasteiger partial charge is 0.249 e. The lowest BCUT2D eigenvalue weighted by Crippen LogP contribution is -2.47. The Morgan fingerprint density at radius 1 is 1.12 bits per heavy atom. The van der Waals surface area contributed by atoms with Gasteiger partial charge in [-0.25, -0.2) is 5.06 Å². The Kier molecular flexibility index (Phi) is 3.34. The first kappa shape index (κ1) is 11.5. The van der Waals surface area contributed by atoms with Crippen molar-refractivity contribution >= 4 is 5.91 Å². The van der Waals surface area contributed by atoms with Crippen LogP contribution in [0.25, 0.3) is 0 Å². The molecule has 2 unspecified atom stereocenters. The second-order valence-electron chi connectivity index (χ2n) is 5.78. The number of nitrogens with zero attached hydrogens (tertiary/aromatic N) is 1. The second kappa shape index (κ2) is 4.94. The molecule has 2 atom stereocenters. The summed E-state index contributed by atoms with van der Waals surface area (Å²) < 4.78 is 0. The molecule has 1 N–H and O–H groups in total. The van der Waals surface area contributed by atoms with Crippen molar-refractivity contribution < 1.29 is 9.63 Å². The molecule has 1 aliphatic carbocycles. The quantitative estimate of drug-likeness (QED) is 0.746. The first-order valence-corrected chi connectivity index (χ1v) is 6.98. The fourth-order valence-electron chi connectivity index (χ4n) is 3.57. The molecule has 3 fully saturated rings. The third-order valence-electron chi connectivity index (χ3n) is 4.37. The molecule has 1 amide bonds. The van der Waals surface area contributed by atoms with Crippen LogP contribution in [0.15, 0.2) is 0 Å². The van der Waals surface area contributed by atoms with Crippen LogP contribution >= 0.6 is 0 Å². The SMILES string of the molecule is O=C(C1CC2CNCC(C2)C1)N1CCCCO1. The first-order chi connectivity index (χ1) is 8.33. The topological polar surface area (TPSA) is 41.6 Å². The van der Waals surface area contributed by atoms with Crippen molar-refractivity contribution in [2.75, 3.05) is 26.2 Å². The molecule has 0 aromatic rings. The number of piperidine rings is 1. The van der Waals surface area contributed by atoms with Crippen LogP contribution in [0.4, 0.5) is 0 Å². The molecule has 17 heavy (non-hydrogen) atoms. The molecule has 0 radical (unpaired) electrons. The van der Waals surface area contributed by atoms with Gasteiger partial charge >= 0.3 is 0 Å². The van der Waals surface area contributed by atoms with E-state index in [1.165, 1.54) is 6.42 Å². The maximum Gasteiger partial charge on any atom is 0.249 e. The highest BCUT2D eigenvalue weighted by atomic mass is 16.7. The molecule has 2 heterocycles. The molecular formula is C13H22N2O2. The number of hydroxylamine groups is 2. The van der Waals surface area contributed by atoms with Gasteiger partial charge in [-0.1, -0.05) is 0 Å². The Morgan fingerprint density at radius 3 is 2.53 bits per heavy atom. The summed E-state index contributed by atoms with van der Waals surface area (Å²) in [7, 11) is 0. The van der Waals surface area contributed by atoms with Crippen molar-refractivity contribution in [2.24, 2.45) is 17.8 Å². The summed E-state index contributed by atoms with van der Waals surface area (Å²) >= 11 is 0. The maximum absolute atomic E-state index is 12.4. The van der Waals surface area contributed by atoms with Crippen molar-refractivity contribution in [2.45, 2.75) is 32.1 Å². The van der Waals surface area contributed by atoms with Crippen molar-refractivity contribution in [3.05, 3.63) is 0 Å². The normalized spacial score (nSPS) is 37.9. The summed E-state index contributed by atoms with van der Waals surface area (Å²) in [4.78, 5) is 17.8. The number of hydrogen-bond acceptors (Lipinski definition) is 3. The van der Waals surface area contributed by atoms with Gasteiger partial charge in [-0.15, -0.1) is 0 Å². The van der Waals surface area contributed by atoms with Gasteiger partial charge in [-0.3, -0.25) is 9.63 Å². The van der Waals surface area contributed by atoms with Crippen LogP contribution in [0.1, 0.15) is 32.1 Å². The zero-order chi connectivity index (χ0) is 11.7. The molecule has 1 saturated carbocycles. The predicted octanol–water partition coefficient (Wildman–Crippen LogP) is 1.18. The number of amides is 1. The molecule has 2 bridgehead atoms. The molecule has 4 heteroatoms. The second-order valence-corrected chi connectivity index (χ2v) is 5.78. The van der Waals surface area contributed by atoms with Gasteiger partial charge in [0.15, 0.2) is 0 Å². The zero-order valence-electron chi connectivity index (χ0n) is 10.4. The predicted molar refractivity (Wildman–Crippen MR) is 64.1 cm³/mol. The number of rotatable bonds is 1. The Hall–Kier alpha value is -0.610. The fourth-order valence-corrected chi connectivity index (χ4v) is 3.57. The van der Waals surface area contributed by atoms with Gasteiger partial charge in [0, 0.05) is 12.5 Å². The minimum Gasteiger partial charge on any atom is -0.316 e. The molecule has 3 aliphatic rings. The van der Waals surface area contributed by atoms with Crippen LogP contribution in [0.5, 0.6) is 0 Å². The molecule has 2 aliphatic heterocycles. The molecule has 2 saturated heterocycles. The average molecular weight is 238 g/mol. The highest BCUT2D eigenvalue weighted by molar-refractivity contribution is 5.78. The third kappa shape index (κ3) is 2.47. The van der Waals surface area contributed by atoms with E-state index in [1.807, 2.05) is 0 Å². The van der Waals surface area contributed by atoms with E-state index in [1.54, 1.807) is 5.06 Å². The van der Waals surface area contributed by atoms with E-state index in [0.717, 1.165) is 45.3 Å². The Morgan fingerprint density at radius 2 is 1.88 bits per heavy atom. The number of carbonyl (C=O) groups excluding carboxylic acids is 1. The highest BCUT2D eigenvalue weighted by Gasteiger charge is 2.37. The standard InChI is InChI=1S/C13H22N2O2/c16-13(15-3-1-2-4-17-15)12-6-10-5-11(7-12)9-14-8-10/h10-12,14H,1-9H2. The largest absolute Gasteiger partial charge is 0.316 e. The van der Waals surface area contributed by atoms with Gasteiger partial charge < -0.3 is 5.32 Å². The summed E-state index contributed by atoms with van der Waals surface area (Å²) in [5.74, 6) is 1.89. The number of fused-ring (bicyclic) bond motifs is 2. The lowest BCUT2D eigenvalue weighted by molar-refractivity contribution is -0.203. The summed E-state index contributed by atoms with van der Waals surface area (Å²) in [5, 5.41) is 5.11. The van der Waals surface area contributed by atoms with E-state index in [9.17, 15) is 4.79 Å². The maximum atomic E-state index is 12.4. The van der Waals surface area contributed by atoms with E-state index < -0.39 is 0 Å². The van der Waals surface area contributed by atoms with E-state index in [4.69, 9.17) is 4.84 Å². The van der Waals surface area contributed by atoms with Crippen LogP contribution in [0.3, 0.4) is 0 Å². The molecule has 0 aromatic heterocycles. The number of hydrogen-bond donors (Lipinski definition) is 1. The van der Waals surface area contributed by atoms with Gasteiger partial charge in [0.25, 0.3) is 0 Å². The molecule has 3 rings (SSSR count). The van der Waals surface area contributed by atoms with Gasteiger partial charge in [-0.05, 0) is 57.0 Å². The zero-order valence-corrected chi connectivity index (χ0v) is 10.4. The van der Waals surface area contributed by atoms with Gasteiger partial charge in [0.05, 0.1) is 6.61 Å². The van der Waals surface area contributed by atoms with E-state index >= 15 is 0 Å². The number of nitrogens with one attached hydrogen (secondary N) is 1. The van der Waals surface area contributed by atoms with Gasteiger partial charge in [-0.2, -0.15) is 0 Å². The van der Waals surface area contributed by atoms with E-state index in [-0.39, 0.29) is 11.8 Å². The minimum atomic E-state index is 0.221. The van der Waals surface area contributed by atoms with Crippen LogP contribution in [-0.4, -0.2) is 37.2 Å². The fraction of sp³-hybridized carbons (Fsp3) is 0.923. The molecule has 0 aromatic carbocycles. The first-order valence-electron chi connectivity index (χ1n) is 6.98. The monoisotopic (exact) mass is 238 g/mol. The summed E-state index contributed by atoms with van der Waals surface area (Å²) in [6.07, 6.45) is 5.61. The van der Waals surface area contributed by atoms with Crippen LogP contribution in [-0.2, 0) is 9.63 Å². The van der Waals surface area contributed by atoms with Crippen molar-refractivity contribution in [1.82, 2.24) is 10.4 Å². The Bertz CT molecular complexity index is 277. The molecular weight excluding hydrogens is 216 g/mol. The minimum absolute atomic E-state index is 0.221. The van der Waals surface area contributed by atoms with Gasteiger partial charge in [0.2, 0.25) is 5.91 Å². The lowest BCUT2D eigenvalue weighted by Gasteiger charge is -2.40. The molecule has 0 spiro atoms. The number of carbonyl (C=O) groups is 1. The molecule has 4 nitrogen and oxygen atoms in total. The summed E-state index contributed by atoms with van der Waals surface area (Å²) in [6.45, 7) is 3.71. The molecule has 96 valence electrons. The van der Waals surface area contributed by atoms with Crippen LogP contribution in [0, 0.1) is 17.8 Å². The van der Waals surface area contributed by atoms with Crippen molar-refractivity contribution in [3.8, 4) is 0 Å². The lowest BCUT2D eigenvalue weighted by atomic mass is 9.72. The summed E-state index contributed by atoms with van der Waals surface area (Å²) in [5.41, 5.74) is 0. The highest BCUT2D eigenvalue weighted by Crippen LogP contribution is 2.36. The van der Waals surface area contributed by atoms with E-state index in [0.29, 0.717) is 18.4 Å². The Labute approximate surface area is 103 Å². The van der Waals surface area contributed by atoms with E-state index in [2.05, 4.69) is 5.32 Å². The third-order valence-corrected chi connectivity index (χ3v) is 4.37. The Balaban J connectivity index is 1.61. The van der Waals surface area contributed by atoms with Crippen molar-refractivity contribution in [1.29, 1.82) is 0 Å². The van der Waals surface area contributed by atoms with Crippen molar-refractivity contribution in [3.63, 3.8) is 0 Å². The summed E-state index contributed by atoms with van der Waals surface area (Å²) in [6, 6.07) is 0.